The van der Waals surface area contributed by atoms with Gasteiger partial charge in [0.2, 0.25) is 0 Å². The Morgan fingerprint density at radius 2 is 1.47 bits per heavy atom. The lowest BCUT2D eigenvalue weighted by molar-refractivity contribution is -0.299. The largest absolute Gasteiger partial charge is 0.494 e. The van der Waals surface area contributed by atoms with E-state index < -0.39 is 0 Å². The minimum Gasteiger partial charge on any atom is -0.494 e. The van der Waals surface area contributed by atoms with E-state index in [1.54, 1.807) is 0 Å². The van der Waals surface area contributed by atoms with E-state index in [9.17, 15) is 4.79 Å². The molecule has 7 nitrogen and oxygen atoms in total. The van der Waals surface area contributed by atoms with Crippen LogP contribution >= 0.6 is 12.4 Å². The molecule has 0 amide bonds. The maximum Gasteiger partial charge on any atom is 0.305 e. The molecule has 8 heteroatoms. The molecule has 1 aromatic carbocycles. The number of carbonyl (C=O) groups excluding carboxylic acids is 1. The molecule has 0 radical (unpaired) electrons. The molecule has 1 aromatic rings. The predicted molar refractivity (Wildman–Crippen MR) is 128 cm³/mol. The van der Waals surface area contributed by atoms with Crippen molar-refractivity contribution in [3.8, 4) is 5.75 Å². The molecule has 32 heavy (non-hydrogen) atoms. The van der Waals surface area contributed by atoms with Crippen LogP contribution in [0.25, 0.3) is 0 Å². The average Bonchev–Trinajstić information content (AvgIpc) is 2.80. The number of unbranched alkanes of at least 4 members (excludes halogenated alkanes) is 5. The monoisotopic (exact) mass is 475 g/mol. The van der Waals surface area contributed by atoms with Gasteiger partial charge in [-0.25, -0.2) is 9.78 Å². The molecule has 0 aliphatic rings. The zero-order valence-corrected chi connectivity index (χ0v) is 20.8. The number of carbonyl (C=O) groups is 1. The van der Waals surface area contributed by atoms with E-state index in [0.29, 0.717) is 32.3 Å². The lowest BCUT2D eigenvalue weighted by Crippen LogP contribution is -2.11. The number of nitrogens with one attached hydrogen (secondary N) is 1. The first-order valence-corrected chi connectivity index (χ1v) is 11.5. The number of rotatable bonds is 20. The van der Waals surface area contributed by atoms with Crippen LogP contribution in [-0.4, -0.2) is 53.2 Å². The minimum absolute atomic E-state index is 0. The van der Waals surface area contributed by atoms with Crippen LogP contribution in [0.15, 0.2) is 24.3 Å². The molecule has 0 heterocycles. The van der Waals surface area contributed by atoms with Gasteiger partial charge in [-0.3, -0.25) is 4.79 Å². The van der Waals surface area contributed by atoms with Crippen molar-refractivity contribution in [1.29, 1.82) is 0 Å². The molecule has 0 fully saturated rings. The smallest absolute Gasteiger partial charge is 0.305 e. The van der Waals surface area contributed by atoms with Crippen molar-refractivity contribution in [2.45, 2.75) is 64.3 Å². The summed E-state index contributed by atoms with van der Waals surface area (Å²) in [5.41, 5.74) is 1.26. The molecule has 0 aliphatic carbocycles. The molecule has 1 N–H and O–H groups in total. The first kappa shape index (κ1) is 30.6. The third kappa shape index (κ3) is 16.3. The SMILES string of the molecule is CNC(C)c1ccc(OCCCCCCOCCOOCCCCCC(=O)OC)cc1.Cl. The van der Waals surface area contributed by atoms with Crippen LogP contribution < -0.4 is 10.1 Å². The van der Waals surface area contributed by atoms with Crippen LogP contribution in [0, 0.1) is 0 Å². The summed E-state index contributed by atoms with van der Waals surface area (Å²) in [7, 11) is 3.37. The number of hydrogen-bond donors (Lipinski definition) is 1. The molecular weight excluding hydrogens is 434 g/mol. The Morgan fingerprint density at radius 1 is 0.844 bits per heavy atom. The fraction of sp³-hybridized carbons (Fsp3) is 0.708. The summed E-state index contributed by atoms with van der Waals surface area (Å²) in [6, 6.07) is 8.64. The highest BCUT2D eigenvalue weighted by molar-refractivity contribution is 5.85. The normalized spacial score (nSPS) is 11.6. The molecule has 1 rings (SSSR count). The molecule has 0 bridgehead atoms. The molecule has 1 atom stereocenters. The van der Waals surface area contributed by atoms with Crippen LogP contribution in [0.5, 0.6) is 5.75 Å². The van der Waals surface area contributed by atoms with Gasteiger partial charge in [0.15, 0.2) is 0 Å². The quantitative estimate of drug-likeness (QED) is 0.123. The highest BCUT2D eigenvalue weighted by Crippen LogP contribution is 2.17. The van der Waals surface area contributed by atoms with Gasteiger partial charge in [-0.2, -0.15) is 0 Å². The van der Waals surface area contributed by atoms with Gasteiger partial charge < -0.3 is 19.5 Å². The Balaban J connectivity index is 0.00000961. The van der Waals surface area contributed by atoms with Crippen molar-refractivity contribution in [3.05, 3.63) is 29.8 Å². The van der Waals surface area contributed by atoms with E-state index in [1.807, 2.05) is 19.2 Å². The van der Waals surface area contributed by atoms with Crippen LogP contribution in [0.4, 0.5) is 0 Å². The van der Waals surface area contributed by atoms with Crippen LogP contribution in [0.1, 0.15) is 69.9 Å². The number of halogens is 1. The summed E-state index contributed by atoms with van der Waals surface area (Å²) in [6.45, 7) is 5.12. The van der Waals surface area contributed by atoms with Crippen molar-refractivity contribution < 1.29 is 28.8 Å². The second kappa shape index (κ2) is 21.5. The third-order valence-electron chi connectivity index (χ3n) is 5.00. The van der Waals surface area contributed by atoms with Gasteiger partial charge in [0.25, 0.3) is 0 Å². The van der Waals surface area contributed by atoms with Gasteiger partial charge >= 0.3 is 5.97 Å². The van der Waals surface area contributed by atoms with Crippen molar-refractivity contribution in [2.75, 3.05) is 47.2 Å². The Labute approximate surface area is 199 Å². The van der Waals surface area contributed by atoms with Gasteiger partial charge in [0, 0.05) is 19.1 Å². The minimum atomic E-state index is -0.163. The van der Waals surface area contributed by atoms with Crippen molar-refractivity contribution in [2.24, 2.45) is 0 Å². The van der Waals surface area contributed by atoms with Gasteiger partial charge in [-0.05, 0) is 63.8 Å². The van der Waals surface area contributed by atoms with Crippen LogP contribution in [0.3, 0.4) is 0 Å². The summed E-state index contributed by atoms with van der Waals surface area (Å²) in [5.74, 6) is 0.766. The van der Waals surface area contributed by atoms with Crippen LogP contribution in [-0.2, 0) is 24.0 Å². The number of hydrogen-bond acceptors (Lipinski definition) is 7. The second-order valence-corrected chi connectivity index (χ2v) is 7.49. The van der Waals surface area contributed by atoms with E-state index >= 15 is 0 Å². The highest BCUT2D eigenvalue weighted by Gasteiger charge is 2.02. The van der Waals surface area contributed by atoms with Crippen LogP contribution in [0.2, 0.25) is 0 Å². The summed E-state index contributed by atoms with van der Waals surface area (Å²) >= 11 is 0. The summed E-state index contributed by atoms with van der Waals surface area (Å²) < 4.78 is 15.9. The molecule has 1 unspecified atom stereocenters. The fourth-order valence-electron chi connectivity index (χ4n) is 2.89. The van der Waals surface area contributed by atoms with Gasteiger partial charge in [-0.15, -0.1) is 12.4 Å². The lowest BCUT2D eigenvalue weighted by Gasteiger charge is -2.11. The standard InChI is InChI=1S/C24H41NO6.ClH/c1-21(25-2)22-12-14-23(15-13-22)29-17-9-5-4-8-16-28-19-20-31-30-18-10-6-7-11-24(26)27-3;/h12-15,21,25H,4-11,16-20H2,1-3H3;1H. The third-order valence-corrected chi connectivity index (χ3v) is 5.00. The predicted octanol–water partition coefficient (Wildman–Crippen LogP) is 5.03. The summed E-state index contributed by atoms with van der Waals surface area (Å²) in [4.78, 5) is 21.1. The molecular formula is C24H42ClNO6. The van der Waals surface area contributed by atoms with Crippen molar-refractivity contribution in [1.82, 2.24) is 5.32 Å². The summed E-state index contributed by atoms with van der Waals surface area (Å²) in [6.07, 6.45) is 7.41. The Bertz CT molecular complexity index is 558. The first-order valence-electron chi connectivity index (χ1n) is 11.5. The van der Waals surface area contributed by atoms with Gasteiger partial charge in [0.05, 0.1) is 26.9 Å². The van der Waals surface area contributed by atoms with Crippen molar-refractivity contribution >= 4 is 18.4 Å². The number of esters is 1. The Kier molecular flexibility index (Phi) is 20.5. The molecule has 0 spiro atoms. The van der Waals surface area contributed by atoms with E-state index in [4.69, 9.17) is 19.2 Å². The van der Waals surface area contributed by atoms with E-state index in [1.165, 1.54) is 12.7 Å². The maximum atomic E-state index is 10.9. The van der Waals surface area contributed by atoms with E-state index in [2.05, 4.69) is 29.1 Å². The maximum absolute atomic E-state index is 10.9. The lowest BCUT2D eigenvalue weighted by atomic mass is 10.1. The van der Waals surface area contributed by atoms with E-state index in [0.717, 1.165) is 63.9 Å². The highest BCUT2D eigenvalue weighted by atomic mass is 35.5. The molecule has 0 saturated heterocycles. The molecule has 186 valence electrons. The molecule has 0 aliphatic heterocycles. The zero-order chi connectivity index (χ0) is 22.6. The van der Waals surface area contributed by atoms with Gasteiger partial charge in [-0.1, -0.05) is 25.0 Å². The topological polar surface area (TPSA) is 75.3 Å². The summed E-state index contributed by atoms with van der Waals surface area (Å²) in [5, 5.41) is 3.23. The van der Waals surface area contributed by atoms with Gasteiger partial charge in [0.1, 0.15) is 12.4 Å². The zero-order valence-electron chi connectivity index (χ0n) is 19.9. The molecule has 0 saturated carbocycles. The number of methoxy groups -OCH3 is 1. The van der Waals surface area contributed by atoms with Crippen molar-refractivity contribution in [3.63, 3.8) is 0 Å². The first-order chi connectivity index (χ1) is 15.2. The second-order valence-electron chi connectivity index (χ2n) is 7.49. The average molecular weight is 476 g/mol. The Morgan fingerprint density at radius 3 is 2.16 bits per heavy atom. The number of benzene rings is 1. The number of ether oxygens (including phenoxy) is 3. The van der Waals surface area contributed by atoms with E-state index in [-0.39, 0.29) is 18.4 Å². The molecule has 0 aromatic heterocycles. The Hall–Kier alpha value is -1.38. The fourth-order valence-corrected chi connectivity index (χ4v) is 2.89.